The molecular weight excluding hydrogens is 245 g/mol. The van der Waals surface area contributed by atoms with E-state index in [9.17, 15) is 4.39 Å². The van der Waals surface area contributed by atoms with Crippen molar-refractivity contribution in [2.75, 3.05) is 6.54 Å². The van der Waals surface area contributed by atoms with Crippen molar-refractivity contribution < 1.29 is 4.39 Å². The molecule has 1 nitrogen and oxygen atoms in total. The van der Waals surface area contributed by atoms with Crippen molar-refractivity contribution >= 4 is 11.3 Å². The zero-order chi connectivity index (χ0) is 12.8. The van der Waals surface area contributed by atoms with E-state index in [2.05, 4.69) is 29.8 Å². The minimum Gasteiger partial charge on any atom is -0.310 e. The molecule has 1 aromatic heterocycles. The standard InChI is InChI=1S/C15H18FNS/c1-2-15(12-5-7-13(16)8-6-12)17-10-9-14-4-3-11-18-14/h3-8,11,15,17H,2,9-10H2,1H3. The number of halogens is 1. The highest BCUT2D eigenvalue weighted by Gasteiger charge is 2.08. The zero-order valence-corrected chi connectivity index (χ0v) is 11.3. The van der Waals surface area contributed by atoms with Crippen LogP contribution in [0.2, 0.25) is 0 Å². The average Bonchev–Trinajstić information content (AvgIpc) is 2.89. The molecule has 2 rings (SSSR count). The van der Waals surface area contributed by atoms with E-state index in [1.165, 1.54) is 17.0 Å². The lowest BCUT2D eigenvalue weighted by Gasteiger charge is -2.17. The van der Waals surface area contributed by atoms with Gasteiger partial charge in [-0.2, -0.15) is 0 Å². The Morgan fingerprint density at radius 3 is 2.61 bits per heavy atom. The number of thiophene rings is 1. The second-order valence-electron chi connectivity index (χ2n) is 4.30. The van der Waals surface area contributed by atoms with Crippen molar-refractivity contribution in [1.29, 1.82) is 0 Å². The molecule has 1 N–H and O–H groups in total. The highest BCUT2D eigenvalue weighted by Crippen LogP contribution is 2.17. The molecule has 0 fully saturated rings. The lowest BCUT2D eigenvalue weighted by atomic mass is 10.0. The Labute approximate surface area is 112 Å². The van der Waals surface area contributed by atoms with Gasteiger partial charge in [-0.05, 0) is 42.0 Å². The van der Waals surface area contributed by atoms with E-state index in [1.807, 2.05) is 12.1 Å². The fourth-order valence-electron chi connectivity index (χ4n) is 2.02. The molecule has 0 bridgehead atoms. The van der Waals surface area contributed by atoms with E-state index in [0.29, 0.717) is 6.04 Å². The molecule has 1 atom stereocenters. The van der Waals surface area contributed by atoms with Crippen LogP contribution in [0.3, 0.4) is 0 Å². The van der Waals surface area contributed by atoms with Crippen molar-refractivity contribution in [2.45, 2.75) is 25.8 Å². The highest BCUT2D eigenvalue weighted by molar-refractivity contribution is 7.09. The van der Waals surface area contributed by atoms with Crippen molar-refractivity contribution in [1.82, 2.24) is 5.32 Å². The van der Waals surface area contributed by atoms with Gasteiger partial charge in [0.15, 0.2) is 0 Å². The zero-order valence-electron chi connectivity index (χ0n) is 10.5. The Morgan fingerprint density at radius 1 is 1.22 bits per heavy atom. The molecule has 96 valence electrons. The van der Waals surface area contributed by atoms with Crippen LogP contribution in [-0.2, 0) is 6.42 Å². The molecule has 0 amide bonds. The Bertz CT molecular complexity index is 450. The summed E-state index contributed by atoms with van der Waals surface area (Å²) in [7, 11) is 0. The van der Waals surface area contributed by atoms with Gasteiger partial charge < -0.3 is 5.32 Å². The summed E-state index contributed by atoms with van der Waals surface area (Å²) in [6.45, 7) is 3.10. The van der Waals surface area contributed by atoms with Gasteiger partial charge in [-0.25, -0.2) is 4.39 Å². The molecule has 1 aromatic carbocycles. The molecule has 0 saturated heterocycles. The third-order valence-electron chi connectivity index (χ3n) is 3.02. The van der Waals surface area contributed by atoms with E-state index in [0.717, 1.165) is 24.9 Å². The van der Waals surface area contributed by atoms with Crippen LogP contribution in [0.5, 0.6) is 0 Å². The van der Waals surface area contributed by atoms with Crippen LogP contribution < -0.4 is 5.32 Å². The number of hydrogen-bond donors (Lipinski definition) is 1. The summed E-state index contributed by atoms with van der Waals surface area (Å²) in [6, 6.07) is 11.3. The molecule has 0 aliphatic rings. The summed E-state index contributed by atoms with van der Waals surface area (Å²) < 4.78 is 12.9. The fraction of sp³-hybridized carbons (Fsp3) is 0.333. The van der Waals surface area contributed by atoms with Crippen molar-refractivity contribution in [3.05, 3.63) is 58.0 Å². The van der Waals surface area contributed by atoms with E-state index >= 15 is 0 Å². The molecular formula is C15H18FNS. The molecule has 1 unspecified atom stereocenters. The fourth-order valence-corrected chi connectivity index (χ4v) is 2.73. The average molecular weight is 263 g/mol. The molecule has 0 aliphatic carbocycles. The van der Waals surface area contributed by atoms with Gasteiger partial charge in [0.05, 0.1) is 0 Å². The maximum Gasteiger partial charge on any atom is 0.123 e. The van der Waals surface area contributed by atoms with Crippen LogP contribution in [0.15, 0.2) is 41.8 Å². The van der Waals surface area contributed by atoms with Crippen molar-refractivity contribution in [3.63, 3.8) is 0 Å². The van der Waals surface area contributed by atoms with E-state index in [1.54, 1.807) is 11.3 Å². The van der Waals surface area contributed by atoms with Crippen LogP contribution >= 0.6 is 11.3 Å². The first-order valence-electron chi connectivity index (χ1n) is 6.31. The molecule has 0 radical (unpaired) electrons. The van der Waals surface area contributed by atoms with Crippen LogP contribution in [0.25, 0.3) is 0 Å². The first-order chi connectivity index (χ1) is 8.79. The Hall–Kier alpha value is -1.19. The maximum atomic E-state index is 12.9. The summed E-state index contributed by atoms with van der Waals surface area (Å²) in [5.74, 6) is -0.174. The van der Waals surface area contributed by atoms with Gasteiger partial charge in [-0.3, -0.25) is 0 Å². The van der Waals surface area contributed by atoms with E-state index < -0.39 is 0 Å². The monoisotopic (exact) mass is 263 g/mol. The van der Waals surface area contributed by atoms with Gasteiger partial charge in [-0.15, -0.1) is 11.3 Å². The summed E-state index contributed by atoms with van der Waals surface area (Å²) in [5, 5.41) is 5.63. The third kappa shape index (κ3) is 3.65. The minimum absolute atomic E-state index is 0.174. The number of benzene rings is 1. The van der Waals surface area contributed by atoms with Crippen LogP contribution in [0, 0.1) is 5.82 Å². The SMILES string of the molecule is CCC(NCCc1cccs1)c1ccc(F)cc1. The first-order valence-corrected chi connectivity index (χ1v) is 7.18. The van der Waals surface area contributed by atoms with Gasteiger partial charge in [0.25, 0.3) is 0 Å². The molecule has 0 saturated carbocycles. The number of rotatable bonds is 6. The van der Waals surface area contributed by atoms with Gasteiger partial charge in [-0.1, -0.05) is 25.1 Å². The summed E-state index contributed by atoms with van der Waals surface area (Å²) in [5.41, 5.74) is 1.16. The van der Waals surface area contributed by atoms with Gasteiger partial charge in [0, 0.05) is 17.5 Å². The molecule has 2 aromatic rings. The van der Waals surface area contributed by atoms with Crippen LogP contribution in [0.1, 0.15) is 29.8 Å². The van der Waals surface area contributed by atoms with Gasteiger partial charge in [0.2, 0.25) is 0 Å². The van der Waals surface area contributed by atoms with Gasteiger partial charge in [0.1, 0.15) is 5.82 Å². The normalized spacial score (nSPS) is 12.6. The van der Waals surface area contributed by atoms with Crippen molar-refractivity contribution in [3.8, 4) is 0 Å². The third-order valence-corrected chi connectivity index (χ3v) is 3.96. The molecule has 3 heteroatoms. The lowest BCUT2D eigenvalue weighted by molar-refractivity contribution is 0.522. The maximum absolute atomic E-state index is 12.9. The highest BCUT2D eigenvalue weighted by atomic mass is 32.1. The summed E-state index contributed by atoms with van der Waals surface area (Å²) in [6.07, 6.45) is 2.06. The smallest absolute Gasteiger partial charge is 0.123 e. The van der Waals surface area contributed by atoms with E-state index in [4.69, 9.17) is 0 Å². The molecule has 1 heterocycles. The Kier molecular flexibility index (Phi) is 4.90. The molecule has 0 aliphatic heterocycles. The Balaban J connectivity index is 1.87. The largest absolute Gasteiger partial charge is 0.310 e. The second-order valence-corrected chi connectivity index (χ2v) is 5.33. The summed E-state index contributed by atoms with van der Waals surface area (Å²) in [4.78, 5) is 1.40. The van der Waals surface area contributed by atoms with Crippen molar-refractivity contribution in [2.24, 2.45) is 0 Å². The van der Waals surface area contributed by atoms with Crippen LogP contribution in [-0.4, -0.2) is 6.54 Å². The van der Waals surface area contributed by atoms with Gasteiger partial charge >= 0.3 is 0 Å². The quantitative estimate of drug-likeness (QED) is 0.824. The van der Waals surface area contributed by atoms with Crippen LogP contribution in [0.4, 0.5) is 4.39 Å². The minimum atomic E-state index is -0.174. The predicted octanol–water partition coefficient (Wildman–Crippen LogP) is 4.17. The Morgan fingerprint density at radius 2 is 2.00 bits per heavy atom. The molecule has 0 spiro atoms. The molecule has 18 heavy (non-hydrogen) atoms. The topological polar surface area (TPSA) is 12.0 Å². The number of nitrogens with one attached hydrogen (secondary N) is 1. The number of hydrogen-bond acceptors (Lipinski definition) is 2. The second kappa shape index (κ2) is 6.66. The van der Waals surface area contributed by atoms with E-state index in [-0.39, 0.29) is 5.82 Å². The first kappa shape index (κ1) is 13.2. The summed E-state index contributed by atoms with van der Waals surface area (Å²) >= 11 is 1.79. The lowest BCUT2D eigenvalue weighted by Crippen LogP contribution is -2.23. The predicted molar refractivity (Wildman–Crippen MR) is 75.5 cm³/mol.